The summed E-state index contributed by atoms with van der Waals surface area (Å²) in [6, 6.07) is 7.74. The minimum Gasteiger partial charge on any atom is -0.301 e. The lowest BCUT2D eigenvalue weighted by Gasteiger charge is -2.11. The fraction of sp³-hybridized carbons (Fsp3) is 0.111. The number of para-hydroxylation sites is 1. The van der Waals surface area contributed by atoms with Crippen molar-refractivity contribution in [3.63, 3.8) is 0 Å². The summed E-state index contributed by atoms with van der Waals surface area (Å²) < 4.78 is 0. The molecule has 0 aliphatic carbocycles. The molecule has 3 heteroatoms. The van der Waals surface area contributed by atoms with E-state index in [0.717, 1.165) is 17.0 Å². The normalized spacial score (nSPS) is 14.2. The summed E-state index contributed by atoms with van der Waals surface area (Å²) in [5.41, 5.74) is 0. The summed E-state index contributed by atoms with van der Waals surface area (Å²) >= 11 is 0. The number of benzene rings is 1. The standard InChI is InChI=1S/C9H8N2O/c12-7-11-5-8-3-1-2-4-9(8)10-6-11/h1-5,7H,6H2. The van der Waals surface area contributed by atoms with Crippen molar-refractivity contribution < 1.29 is 4.79 Å². The molecular formula is C9H8N2O. The molecular weight excluding hydrogens is 152 g/mol. The first-order chi connectivity index (χ1) is 5.90. The van der Waals surface area contributed by atoms with E-state index in [2.05, 4.69) is 4.99 Å². The van der Waals surface area contributed by atoms with Crippen LogP contribution in [-0.2, 0) is 4.79 Å². The molecule has 12 heavy (non-hydrogen) atoms. The van der Waals surface area contributed by atoms with Gasteiger partial charge in [0.25, 0.3) is 0 Å². The minimum atomic E-state index is 0.431. The molecule has 1 amide bonds. The van der Waals surface area contributed by atoms with Crippen molar-refractivity contribution in [1.82, 2.24) is 4.90 Å². The molecule has 0 saturated carbocycles. The van der Waals surface area contributed by atoms with Crippen LogP contribution in [0.5, 0.6) is 0 Å². The van der Waals surface area contributed by atoms with Crippen LogP contribution in [0.1, 0.15) is 0 Å². The Balaban J connectivity index is 2.63. The second-order valence-electron chi connectivity index (χ2n) is 2.61. The average molecular weight is 160 g/mol. The van der Waals surface area contributed by atoms with Crippen LogP contribution in [0.2, 0.25) is 0 Å². The smallest absolute Gasteiger partial charge is 0.215 e. The van der Waals surface area contributed by atoms with Crippen molar-refractivity contribution in [2.24, 2.45) is 4.99 Å². The van der Waals surface area contributed by atoms with Gasteiger partial charge in [-0.25, -0.2) is 0 Å². The van der Waals surface area contributed by atoms with Gasteiger partial charge in [-0.3, -0.25) is 9.79 Å². The molecule has 1 aromatic carbocycles. The van der Waals surface area contributed by atoms with Gasteiger partial charge in [-0.1, -0.05) is 18.2 Å². The first-order valence-corrected chi connectivity index (χ1v) is 3.72. The van der Waals surface area contributed by atoms with E-state index in [0.29, 0.717) is 6.67 Å². The molecule has 1 aliphatic rings. The maximum Gasteiger partial charge on any atom is 0.215 e. The zero-order valence-corrected chi connectivity index (χ0v) is 6.47. The predicted molar refractivity (Wildman–Crippen MR) is 44.5 cm³/mol. The Morgan fingerprint density at radius 1 is 1.42 bits per heavy atom. The first-order valence-electron chi connectivity index (χ1n) is 3.72. The summed E-state index contributed by atoms with van der Waals surface area (Å²) in [6.07, 6.45) is 2.58. The third-order valence-electron chi connectivity index (χ3n) is 1.78. The minimum absolute atomic E-state index is 0.431. The SMILES string of the molecule is O=CN1C=c2ccccc2=NC1. The Hall–Kier alpha value is -1.64. The van der Waals surface area contributed by atoms with Crippen LogP contribution in [0, 0.1) is 0 Å². The monoisotopic (exact) mass is 160 g/mol. The van der Waals surface area contributed by atoms with E-state index in [-0.39, 0.29) is 0 Å². The summed E-state index contributed by atoms with van der Waals surface area (Å²) in [5, 5.41) is 1.95. The van der Waals surface area contributed by atoms with E-state index >= 15 is 0 Å². The number of fused-ring (bicyclic) bond motifs is 1. The van der Waals surface area contributed by atoms with Gasteiger partial charge in [0.15, 0.2) is 0 Å². The van der Waals surface area contributed by atoms with Crippen LogP contribution in [0.15, 0.2) is 29.3 Å². The molecule has 0 fully saturated rings. The topological polar surface area (TPSA) is 32.7 Å². The van der Waals surface area contributed by atoms with E-state index in [9.17, 15) is 4.79 Å². The molecule has 0 N–H and O–H groups in total. The highest BCUT2D eigenvalue weighted by Crippen LogP contribution is 1.87. The van der Waals surface area contributed by atoms with Crippen LogP contribution >= 0.6 is 0 Å². The number of hydrogen-bond donors (Lipinski definition) is 0. The number of hydrogen-bond acceptors (Lipinski definition) is 2. The predicted octanol–water partition coefficient (Wildman–Crippen LogP) is -0.526. The molecule has 3 nitrogen and oxygen atoms in total. The molecule has 0 radical (unpaired) electrons. The van der Waals surface area contributed by atoms with Crippen molar-refractivity contribution in [2.75, 3.05) is 6.67 Å². The van der Waals surface area contributed by atoms with Gasteiger partial charge >= 0.3 is 0 Å². The number of carbonyl (C=O) groups is 1. The maximum absolute atomic E-state index is 10.4. The lowest BCUT2D eigenvalue weighted by molar-refractivity contribution is -0.115. The van der Waals surface area contributed by atoms with Crippen LogP contribution < -0.4 is 10.6 Å². The molecule has 0 spiro atoms. The number of amides is 1. The van der Waals surface area contributed by atoms with Gasteiger partial charge < -0.3 is 4.90 Å². The molecule has 0 atom stereocenters. The quantitative estimate of drug-likeness (QED) is 0.508. The molecule has 1 heterocycles. The fourth-order valence-corrected chi connectivity index (χ4v) is 1.18. The largest absolute Gasteiger partial charge is 0.301 e. The van der Waals surface area contributed by atoms with Crippen LogP contribution in [-0.4, -0.2) is 18.0 Å². The summed E-state index contributed by atoms with van der Waals surface area (Å²) in [4.78, 5) is 16.1. The molecule has 0 unspecified atom stereocenters. The molecule has 0 aromatic heterocycles. The highest BCUT2D eigenvalue weighted by molar-refractivity contribution is 5.55. The second-order valence-corrected chi connectivity index (χ2v) is 2.61. The molecule has 1 aromatic rings. The van der Waals surface area contributed by atoms with E-state index in [1.165, 1.54) is 4.90 Å². The number of nitrogens with zero attached hydrogens (tertiary/aromatic N) is 2. The second kappa shape index (κ2) is 2.77. The number of rotatable bonds is 1. The van der Waals surface area contributed by atoms with Gasteiger partial charge in [-0.05, 0) is 6.07 Å². The highest BCUT2D eigenvalue weighted by atomic mass is 16.1. The molecule has 0 saturated heterocycles. The Bertz CT molecular complexity index is 411. The highest BCUT2D eigenvalue weighted by Gasteiger charge is 1.99. The summed E-state index contributed by atoms with van der Waals surface area (Å²) in [7, 11) is 0. The van der Waals surface area contributed by atoms with Crippen molar-refractivity contribution in [1.29, 1.82) is 0 Å². The van der Waals surface area contributed by atoms with E-state index in [4.69, 9.17) is 0 Å². The molecule has 2 rings (SSSR count). The maximum atomic E-state index is 10.4. The summed E-state index contributed by atoms with van der Waals surface area (Å²) in [5.74, 6) is 0. The van der Waals surface area contributed by atoms with Gasteiger partial charge in [0.05, 0.1) is 5.36 Å². The van der Waals surface area contributed by atoms with Gasteiger partial charge in [0.1, 0.15) is 6.67 Å². The zero-order chi connectivity index (χ0) is 8.39. The fourth-order valence-electron chi connectivity index (χ4n) is 1.18. The van der Waals surface area contributed by atoms with Crippen molar-refractivity contribution in [3.8, 4) is 0 Å². The van der Waals surface area contributed by atoms with E-state index in [1.807, 2.05) is 24.3 Å². The first kappa shape index (κ1) is 7.03. The average Bonchev–Trinajstić information content (AvgIpc) is 2.17. The third kappa shape index (κ3) is 1.09. The molecule has 60 valence electrons. The van der Waals surface area contributed by atoms with Crippen molar-refractivity contribution in [3.05, 3.63) is 34.8 Å². The lowest BCUT2D eigenvalue weighted by Crippen LogP contribution is -2.34. The van der Waals surface area contributed by atoms with Crippen LogP contribution in [0.25, 0.3) is 6.20 Å². The van der Waals surface area contributed by atoms with Crippen LogP contribution in [0.4, 0.5) is 0 Å². The van der Waals surface area contributed by atoms with E-state index < -0.39 is 0 Å². The lowest BCUT2D eigenvalue weighted by atomic mass is 10.3. The molecule has 0 bridgehead atoms. The van der Waals surface area contributed by atoms with Crippen molar-refractivity contribution in [2.45, 2.75) is 0 Å². The van der Waals surface area contributed by atoms with Gasteiger partial charge in [-0.2, -0.15) is 0 Å². The Labute approximate surface area is 69.6 Å². The van der Waals surface area contributed by atoms with Crippen molar-refractivity contribution >= 4 is 12.6 Å². The third-order valence-corrected chi connectivity index (χ3v) is 1.78. The molecule has 1 aliphatic heterocycles. The Kier molecular flexibility index (Phi) is 1.63. The van der Waals surface area contributed by atoms with Gasteiger partial charge in [-0.15, -0.1) is 0 Å². The Morgan fingerprint density at radius 2 is 2.25 bits per heavy atom. The van der Waals surface area contributed by atoms with Crippen LogP contribution in [0.3, 0.4) is 0 Å². The zero-order valence-electron chi connectivity index (χ0n) is 6.47. The van der Waals surface area contributed by atoms with E-state index in [1.54, 1.807) is 6.20 Å². The van der Waals surface area contributed by atoms with Gasteiger partial charge in [0, 0.05) is 11.4 Å². The summed E-state index contributed by atoms with van der Waals surface area (Å²) in [6.45, 7) is 0.431. The van der Waals surface area contributed by atoms with Gasteiger partial charge in [0.2, 0.25) is 6.41 Å². The number of carbonyl (C=O) groups excluding carboxylic acids is 1. The Morgan fingerprint density at radius 3 is 3.08 bits per heavy atom.